The third kappa shape index (κ3) is 4.98. The summed E-state index contributed by atoms with van der Waals surface area (Å²) in [4.78, 5) is 42.4. The van der Waals surface area contributed by atoms with Gasteiger partial charge in [-0.25, -0.2) is 9.59 Å². The van der Waals surface area contributed by atoms with E-state index in [9.17, 15) is 19.6 Å². The van der Waals surface area contributed by atoms with Crippen LogP contribution >= 0.6 is 15.9 Å². The topological polar surface area (TPSA) is 113 Å². The van der Waals surface area contributed by atoms with E-state index in [1.807, 2.05) is 42.5 Å². The minimum atomic E-state index is -1.70. The van der Waals surface area contributed by atoms with E-state index >= 15 is 0 Å². The van der Waals surface area contributed by atoms with Crippen molar-refractivity contribution >= 4 is 44.6 Å². The number of ether oxygens (including phenoxy) is 1. The van der Waals surface area contributed by atoms with Crippen LogP contribution in [0.5, 0.6) is 0 Å². The van der Waals surface area contributed by atoms with Crippen molar-refractivity contribution in [2.45, 2.75) is 44.9 Å². The third-order valence-electron chi connectivity index (χ3n) is 6.69. The second kappa shape index (κ2) is 10.3. The van der Waals surface area contributed by atoms with Gasteiger partial charge < -0.3 is 19.4 Å². The maximum absolute atomic E-state index is 14.6. The van der Waals surface area contributed by atoms with Crippen molar-refractivity contribution in [2.24, 2.45) is 0 Å². The van der Waals surface area contributed by atoms with Gasteiger partial charge in [0.25, 0.3) is 5.91 Å². The molecule has 0 spiro atoms. The lowest BCUT2D eigenvalue weighted by atomic mass is 9.82. The lowest BCUT2D eigenvalue weighted by molar-refractivity contribution is -0.124. The van der Waals surface area contributed by atoms with Gasteiger partial charge in [-0.05, 0) is 56.2 Å². The van der Waals surface area contributed by atoms with Crippen LogP contribution in [0.4, 0.5) is 10.5 Å². The molecule has 2 amide bonds. The first-order valence-electron chi connectivity index (χ1n) is 12.6. The number of carbonyl (C=O) groups excluding carboxylic acids is 2. The van der Waals surface area contributed by atoms with Gasteiger partial charge in [0.05, 0.1) is 12.2 Å². The molecule has 0 aliphatic carbocycles. The first-order valence-corrected chi connectivity index (χ1v) is 13.4. The molecule has 40 heavy (non-hydrogen) atoms. The first-order chi connectivity index (χ1) is 19.0. The number of carbonyl (C=O) groups is 2. The third-order valence-corrected chi connectivity index (χ3v) is 7.19. The molecule has 8 nitrogen and oxygen atoms in total. The second-order valence-electron chi connectivity index (χ2n) is 10.6. The first kappa shape index (κ1) is 27.2. The number of rotatable bonds is 5. The van der Waals surface area contributed by atoms with Crippen molar-refractivity contribution in [3.8, 4) is 6.07 Å². The summed E-state index contributed by atoms with van der Waals surface area (Å²) in [6.07, 6.45) is -0.992. The van der Waals surface area contributed by atoms with Crippen LogP contribution in [-0.4, -0.2) is 17.6 Å². The summed E-state index contributed by atoms with van der Waals surface area (Å²) in [7, 11) is 0. The molecular weight excluding hydrogens is 574 g/mol. The van der Waals surface area contributed by atoms with Crippen LogP contribution in [0, 0.1) is 11.3 Å². The highest BCUT2D eigenvalue weighted by Crippen LogP contribution is 2.45. The van der Waals surface area contributed by atoms with Crippen molar-refractivity contribution < 1.29 is 18.7 Å². The van der Waals surface area contributed by atoms with Gasteiger partial charge in [0.15, 0.2) is 5.54 Å². The Hall–Kier alpha value is -4.42. The molecule has 0 radical (unpaired) electrons. The van der Waals surface area contributed by atoms with Crippen molar-refractivity contribution in [1.82, 2.24) is 5.32 Å². The molecule has 1 atom stereocenters. The number of anilines is 1. The molecule has 0 fully saturated rings. The summed E-state index contributed by atoms with van der Waals surface area (Å²) in [6, 6.07) is 23.7. The van der Waals surface area contributed by atoms with Gasteiger partial charge in [-0.1, -0.05) is 64.5 Å². The minimum absolute atomic E-state index is 0.186. The lowest BCUT2D eigenvalue weighted by Gasteiger charge is -2.32. The van der Waals surface area contributed by atoms with Gasteiger partial charge in [-0.3, -0.25) is 4.79 Å². The molecule has 9 heteroatoms. The molecule has 0 unspecified atom stereocenters. The van der Waals surface area contributed by atoms with E-state index < -0.39 is 28.8 Å². The zero-order valence-electron chi connectivity index (χ0n) is 22.2. The smallest absolute Gasteiger partial charge is 0.408 e. The van der Waals surface area contributed by atoms with E-state index in [1.165, 1.54) is 0 Å². The summed E-state index contributed by atoms with van der Waals surface area (Å²) in [5.41, 5.74) is -1.01. The number of nitrogens with zero attached hydrogens (tertiary/aromatic N) is 2. The molecule has 0 bridgehead atoms. The zero-order valence-corrected chi connectivity index (χ0v) is 23.7. The van der Waals surface area contributed by atoms with Gasteiger partial charge in [0, 0.05) is 21.8 Å². The quantitative estimate of drug-likeness (QED) is 0.284. The minimum Gasteiger partial charge on any atom is -0.444 e. The molecule has 1 aliphatic heterocycles. The van der Waals surface area contributed by atoms with Crippen LogP contribution in [0.1, 0.15) is 43.0 Å². The molecule has 0 saturated heterocycles. The van der Waals surface area contributed by atoms with Crippen LogP contribution in [0.2, 0.25) is 0 Å². The molecule has 202 valence electrons. The number of hydrogen-bond donors (Lipinski definition) is 1. The monoisotopic (exact) mass is 599 g/mol. The number of nitrogens with one attached hydrogen (secondary N) is 1. The van der Waals surface area contributed by atoms with E-state index in [2.05, 4.69) is 21.2 Å². The molecule has 1 N–H and O–H groups in total. The van der Waals surface area contributed by atoms with Crippen LogP contribution in [-0.2, 0) is 28.0 Å². The Morgan fingerprint density at radius 2 is 1.77 bits per heavy atom. The van der Waals surface area contributed by atoms with Gasteiger partial charge in [0.2, 0.25) is 0 Å². The Bertz CT molecular complexity index is 1740. The van der Waals surface area contributed by atoms with Crippen LogP contribution in [0.3, 0.4) is 0 Å². The van der Waals surface area contributed by atoms with Gasteiger partial charge in [0.1, 0.15) is 22.8 Å². The van der Waals surface area contributed by atoms with E-state index in [-0.39, 0.29) is 24.1 Å². The fourth-order valence-electron chi connectivity index (χ4n) is 5.05. The highest BCUT2D eigenvalue weighted by molar-refractivity contribution is 9.10. The number of nitriles is 1. The second-order valence-corrected chi connectivity index (χ2v) is 11.5. The van der Waals surface area contributed by atoms with Crippen molar-refractivity contribution in [3.05, 3.63) is 110 Å². The summed E-state index contributed by atoms with van der Waals surface area (Å²) in [5.74, 6) is -0.420. The predicted molar refractivity (Wildman–Crippen MR) is 154 cm³/mol. The molecule has 0 saturated carbocycles. The molecular formula is C31H26BrN3O5. The zero-order chi connectivity index (χ0) is 28.7. The Morgan fingerprint density at radius 1 is 1.07 bits per heavy atom. The number of amides is 2. The maximum Gasteiger partial charge on any atom is 0.408 e. The molecule has 4 aromatic rings. The molecule has 2 heterocycles. The van der Waals surface area contributed by atoms with Crippen molar-refractivity contribution in [3.63, 3.8) is 0 Å². The van der Waals surface area contributed by atoms with E-state index in [4.69, 9.17) is 9.15 Å². The van der Waals surface area contributed by atoms with E-state index in [0.717, 1.165) is 5.56 Å². The van der Waals surface area contributed by atoms with Gasteiger partial charge in [-0.15, -0.1) is 0 Å². The number of hydrogen-bond acceptors (Lipinski definition) is 6. The maximum atomic E-state index is 14.6. The normalized spacial score (nSPS) is 16.5. The number of para-hydroxylation sites is 1. The largest absolute Gasteiger partial charge is 0.444 e. The number of alkyl carbamates (subject to hydrolysis) is 1. The molecule has 5 rings (SSSR count). The predicted octanol–water partition coefficient (Wildman–Crippen LogP) is 5.94. The number of fused-ring (bicyclic) bond motifs is 2. The van der Waals surface area contributed by atoms with Crippen LogP contribution in [0.15, 0.2) is 86.5 Å². The number of halogens is 1. The molecule has 3 aromatic carbocycles. The summed E-state index contributed by atoms with van der Waals surface area (Å²) in [5, 5.41) is 13.3. The molecule has 1 aliphatic rings. The van der Waals surface area contributed by atoms with Gasteiger partial charge in [-0.2, -0.15) is 5.26 Å². The lowest BCUT2D eigenvalue weighted by Crippen LogP contribution is -2.55. The summed E-state index contributed by atoms with van der Waals surface area (Å²) in [6.45, 7) is 5.43. The Labute approximate surface area is 239 Å². The van der Waals surface area contributed by atoms with Crippen LogP contribution in [0.25, 0.3) is 11.0 Å². The summed E-state index contributed by atoms with van der Waals surface area (Å²) < 4.78 is 11.7. The van der Waals surface area contributed by atoms with Gasteiger partial charge >= 0.3 is 11.7 Å². The van der Waals surface area contributed by atoms with Crippen molar-refractivity contribution in [1.29, 1.82) is 5.26 Å². The average molecular weight is 600 g/mol. The van der Waals surface area contributed by atoms with E-state index in [1.54, 1.807) is 62.1 Å². The summed E-state index contributed by atoms with van der Waals surface area (Å²) >= 11 is 3.51. The number of benzene rings is 3. The standard InChI is InChI=1S/C31H26BrN3O5/c1-30(2,3)40-29(38)34-31(16-22-21-11-7-8-12-26(21)39-27(36)23(22)17-33)24-15-20(32)13-14-25(24)35(28(31)37)18-19-9-5-4-6-10-19/h4-15H,16,18H2,1-3H3,(H,34,38)/t31-/m1/s1. The Morgan fingerprint density at radius 3 is 2.48 bits per heavy atom. The van der Waals surface area contributed by atoms with Crippen molar-refractivity contribution in [2.75, 3.05) is 4.90 Å². The highest BCUT2D eigenvalue weighted by Gasteiger charge is 2.53. The fourth-order valence-corrected chi connectivity index (χ4v) is 5.41. The highest BCUT2D eigenvalue weighted by atomic mass is 79.9. The average Bonchev–Trinajstić information content (AvgIpc) is 3.10. The molecule has 1 aromatic heterocycles. The SMILES string of the molecule is CC(C)(C)OC(=O)N[C@@]1(Cc2c(C#N)c(=O)oc3ccccc23)C(=O)N(Cc2ccccc2)c2ccc(Br)cc21. The Kier molecular flexibility index (Phi) is 6.98. The van der Waals surface area contributed by atoms with Crippen LogP contribution < -0.4 is 15.8 Å². The fraction of sp³-hybridized carbons (Fsp3) is 0.226. The Balaban J connectivity index is 1.75. The van der Waals surface area contributed by atoms with E-state index in [0.29, 0.717) is 26.7 Å².